The van der Waals surface area contributed by atoms with Gasteiger partial charge in [-0.2, -0.15) is 0 Å². The first kappa shape index (κ1) is 15.5. The van der Waals surface area contributed by atoms with E-state index in [9.17, 15) is 4.79 Å². The number of hydrogen-bond donors (Lipinski definition) is 1. The number of methoxy groups -OCH3 is 1. The Hall–Kier alpha value is -1.51. The van der Waals surface area contributed by atoms with Crippen LogP contribution in [0.3, 0.4) is 0 Å². The maximum atomic E-state index is 12.2. The number of ether oxygens (including phenoxy) is 1. The highest BCUT2D eigenvalue weighted by Crippen LogP contribution is 2.32. The van der Waals surface area contributed by atoms with Crippen molar-refractivity contribution in [2.24, 2.45) is 0 Å². The third-order valence-electron chi connectivity index (χ3n) is 2.76. The largest absolute Gasteiger partial charge is 0.496 e. The quantitative estimate of drug-likeness (QED) is 0.886. The molecule has 0 saturated carbocycles. The van der Waals surface area contributed by atoms with Crippen molar-refractivity contribution in [2.75, 3.05) is 7.11 Å². The normalized spacial score (nSPS) is 12.2. The van der Waals surface area contributed by atoms with Gasteiger partial charge >= 0.3 is 0 Å². The van der Waals surface area contributed by atoms with Crippen LogP contribution in [-0.4, -0.2) is 18.6 Å². The summed E-state index contributed by atoms with van der Waals surface area (Å²) in [7, 11) is 1.65. The zero-order valence-corrected chi connectivity index (χ0v) is 13.0. The molecule has 0 unspecified atom stereocenters. The summed E-state index contributed by atoms with van der Waals surface area (Å²) in [6.07, 6.45) is 0. The second-order valence-electron chi connectivity index (χ2n) is 6.87. The van der Waals surface area contributed by atoms with Gasteiger partial charge < -0.3 is 10.1 Å². The lowest BCUT2D eigenvalue weighted by Gasteiger charge is -2.24. The van der Waals surface area contributed by atoms with E-state index in [0.29, 0.717) is 5.56 Å². The van der Waals surface area contributed by atoms with Crippen LogP contribution in [0.5, 0.6) is 5.75 Å². The summed E-state index contributed by atoms with van der Waals surface area (Å²) in [5.41, 5.74) is 1.40. The molecule has 0 bridgehead atoms. The van der Waals surface area contributed by atoms with E-state index in [4.69, 9.17) is 4.74 Å². The highest BCUT2D eigenvalue weighted by atomic mass is 16.5. The zero-order valence-electron chi connectivity index (χ0n) is 13.0. The molecule has 0 atom stereocenters. The molecule has 0 saturated heterocycles. The Labute approximate surface area is 116 Å². The third-order valence-corrected chi connectivity index (χ3v) is 2.76. The van der Waals surface area contributed by atoms with Crippen LogP contribution in [0.2, 0.25) is 0 Å². The van der Waals surface area contributed by atoms with E-state index in [2.05, 4.69) is 26.1 Å². The summed E-state index contributed by atoms with van der Waals surface area (Å²) < 4.78 is 5.38. The maximum Gasteiger partial charge on any atom is 0.251 e. The summed E-state index contributed by atoms with van der Waals surface area (Å²) in [4.78, 5) is 12.2. The molecule has 0 fully saturated rings. The van der Waals surface area contributed by atoms with Gasteiger partial charge in [0.15, 0.2) is 0 Å². The highest BCUT2D eigenvalue weighted by molar-refractivity contribution is 5.95. The van der Waals surface area contributed by atoms with E-state index in [1.54, 1.807) is 13.2 Å². The van der Waals surface area contributed by atoms with Crippen molar-refractivity contribution in [3.8, 4) is 5.75 Å². The van der Waals surface area contributed by atoms with Crippen molar-refractivity contribution in [1.29, 1.82) is 0 Å². The molecule has 0 aromatic heterocycles. The predicted molar refractivity (Wildman–Crippen MR) is 78.9 cm³/mol. The summed E-state index contributed by atoms with van der Waals surface area (Å²) in [5, 5.41) is 2.97. The van der Waals surface area contributed by atoms with E-state index < -0.39 is 0 Å². The van der Waals surface area contributed by atoms with Gasteiger partial charge in [-0.25, -0.2) is 0 Å². The van der Waals surface area contributed by atoms with Gasteiger partial charge in [-0.3, -0.25) is 4.79 Å². The van der Waals surface area contributed by atoms with Crippen molar-refractivity contribution >= 4 is 5.91 Å². The molecule has 106 valence electrons. The van der Waals surface area contributed by atoms with E-state index in [0.717, 1.165) is 11.3 Å². The number of rotatable bonds is 2. The van der Waals surface area contributed by atoms with Gasteiger partial charge in [-0.05, 0) is 44.4 Å². The molecule has 0 aliphatic rings. The smallest absolute Gasteiger partial charge is 0.251 e. The SMILES string of the molecule is COc1ccc(C(=O)NC(C)(C)C)cc1C(C)(C)C. The number of carbonyl (C=O) groups is 1. The number of amides is 1. The monoisotopic (exact) mass is 263 g/mol. The summed E-state index contributed by atoms with van der Waals surface area (Å²) in [6.45, 7) is 12.2. The average Bonchev–Trinajstić information content (AvgIpc) is 2.24. The van der Waals surface area contributed by atoms with Gasteiger partial charge in [0.2, 0.25) is 0 Å². The van der Waals surface area contributed by atoms with Gasteiger partial charge in [0.05, 0.1) is 7.11 Å². The molecule has 1 N–H and O–H groups in total. The van der Waals surface area contributed by atoms with Crippen molar-refractivity contribution in [3.05, 3.63) is 29.3 Å². The molecule has 1 amide bonds. The van der Waals surface area contributed by atoms with Crippen molar-refractivity contribution < 1.29 is 9.53 Å². The first-order valence-electron chi connectivity index (χ1n) is 6.55. The Balaban J connectivity index is 3.16. The predicted octanol–water partition coefficient (Wildman–Crippen LogP) is 3.52. The van der Waals surface area contributed by atoms with E-state index in [1.807, 2.05) is 32.9 Å². The number of carbonyl (C=O) groups excluding carboxylic acids is 1. The maximum absolute atomic E-state index is 12.2. The molecule has 0 aliphatic heterocycles. The fraction of sp³-hybridized carbons (Fsp3) is 0.562. The molecule has 1 aromatic carbocycles. The van der Waals surface area contributed by atoms with Crippen LogP contribution < -0.4 is 10.1 Å². The van der Waals surface area contributed by atoms with Gasteiger partial charge in [-0.15, -0.1) is 0 Å². The van der Waals surface area contributed by atoms with Crippen LogP contribution in [0.15, 0.2) is 18.2 Å². The number of hydrogen-bond acceptors (Lipinski definition) is 2. The van der Waals surface area contributed by atoms with Gasteiger partial charge in [0.25, 0.3) is 5.91 Å². The van der Waals surface area contributed by atoms with Crippen LogP contribution >= 0.6 is 0 Å². The third kappa shape index (κ3) is 4.27. The van der Waals surface area contributed by atoms with Crippen LogP contribution in [0.1, 0.15) is 57.5 Å². The summed E-state index contributed by atoms with van der Waals surface area (Å²) in [6, 6.07) is 5.58. The van der Waals surface area contributed by atoms with E-state index >= 15 is 0 Å². The Morgan fingerprint density at radius 2 is 1.68 bits per heavy atom. The average molecular weight is 263 g/mol. The minimum Gasteiger partial charge on any atom is -0.496 e. The van der Waals surface area contributed by atoms with E-state index in [1.165, 1.54) is 0 Å². The lowest BCUT2D eigenvalue weighted by Crippen LogP contribution is -2.40. The molecular formula is C16H25NO2. The van der Waals surface area contributed by atoms with Gasteiger partial charge in [0, 0.05) is 16.7 Å². The van der Waals surface area contributed by atoms with Crippen LogP contribution in [0.25, 0.3) is 0 Å². The minimum absolute atomic E-state index is 0.0550. The molecular weight excluding hydrogens is 238 g/mol. The second kappa shape index (κ2) is 5.24. The first-order chi connectivity index (χ1) is 8.54. The molecule has 0 aliphatic carbocycles. The second-order valence-corrected chi connectivity index (χ2v) is 6.87. The Morgan fingerprint density at radius 1 is 1.11 bits per heavy atom. The lowest BCUT2D eigenvalue weighted by molar-refractivity contribution is 0.0919. The van der Waals surface area contributed by atoms with Gasteiger partial charge in [-0.1, -0.05) is 20.8 Å². The Morgan fingerprint density at radius 3 is 2.11 bits per heavy atom. The highest BCUT2D eigenvalue weighted by Gasteiger charge is 2.22. The Kier molecular flexibility index (Phi) is 4.28. The molecule has 1 aromatic rings. The van der Waals surface area contributed by atoms with Crippen LogP contribution in [0.4, 0.5) is 0 Å². The molecule has 19 heavy (non-hydrogen) atoms. The zero-order chi connectivity index (χ0) is 14.8. The Bertz CT molecular complexity index is 465. The molecule has 3 nitrogen and oxygen atoms in total. The summed E-state index contributed by atoms with van der Waals surface area (Å²) >= 11 is 0. The van der Waals surface area contributed by atoms with Crippen LogP contribution in [-0.2, 0) is 5.41 Å². The van der Waals surface area contributed by atoms with Crippen molar-refractivity contribution in [3.63, 3.8) is 0 Å². The molecule has 1 rings (SSSR count). The molecule has 0 radical (unpaired) electrons. The first-order valence-corrected chi connectivity index (χ1v) is 6.55. The van der Waals surface area contributed by atoms with Crippen molar-refractivity contribution in [2.45, 2.75) is 52.5 Å². The summed E-state index contributed by atoms with van der Waals surface area (Å²) in [5.74, 6) is 0.764. The van der Waals surface area contributed by atoms with Crippen LogP contribution in [0, 0.1) is 0 Å². The van der Waals surface area contributed by atoms with E-state index in [-0.39, 0.29) is 16.9 Å². The van der Waals surface area contributed by atoms with Gasteiger partial charge in [0.1, 0.15) is 5.75 Å². The van der Waals surface area contributed by atoms with Crippen molar-refractivity contribution in [1.82, 2.24) is 5.32 Å². The fourth-order valence-electron chi connectivity index (χ4n) is 1.85. The standard InChI is InChI=1S/C16H25NO2/c1-15(2,3)12-10-11(8-9-13(12)19-7)14(18)17-16(4,5)6/h8-10H,1-7H3,(H,17,18). The topological polar surface area (TPSA) is 38.3 Å². The molecule has 0 heterocycles. The molecule has 3 heteroatoms. The fourth-order valence-corrected chi connectivity index (χ4v) is 1.85. The lowest BCUT2D eigenvalue weighted by atomic mass is 9.85. The minimum atomic E-state index is -0.237. The number of nitrogens with one attached hydrogen (secondary N) is 1. The number of benzene rings is 1. The molecule has 0 spiro atoms.